The molecule has 0 aliphatic carbocycles. The minimum atomic E-state index is -0.563. The van der Waals surface area contributed by atoms with Crippen LogP contribution in [0.15, 0.2) is 24.4 Å². The first-order chi connectivity index (χ1) is 10.9. The molecule has 0 N–H and O–H groups in total. The molecule has 7 heteroatoms. The Morgan fingerprint density at radius 2 is 2.17 bits per heavy atom. The van der Waals surface area contributed by atoms with Gasteiger partial charge in [-0.2, -0.15) is 0 Å². The summed E-state index contributed by atoms with van der Waals surface area (Å²) in [5.41, 5.74) is 1.19. The number of rotatable bonds is 2. The number of fused-ring (bicyclic) bond motifs is 1. The zero-order chi connectivity index (χ0) is 16.6. The smallest absolute Gasteiger partial charge is 0.419 e. The SMILES string of the molecule is COc1ccc2c(C3BOOC3)cn(C(=O)OC(C)(C)C)c2c1. The van der Waals surface area contributed by atoms with Crippen LogP contribution < -0.4 is 4.74 Å². The summed E-state index contributed by atoms with van der Waals surface area (Å²) >= 11 is 0. The molecule has 2 aromatic rings. The Kier molecular flexibility index (Phi) is 4.08. The fraction of sp³-hybridized carbons (Fsp3) is 0.438. The van der Waals surface area contributed by atoms with E-state index in [2.05, 4.69) is 0 Å². The molecule has 2 heterocycles. The van der Waals surface area contributed by atoms with E-state index in [1.165, 1.54) is 4.57 Å². The number of hydrogen-bond donors (Lipinski definition) is 0. The van der Waals surface area contributed by atoms with E-state index in [4.69, 9.17) is 19.2 Å². The third-order valence-corrected chi connectivity index (χ3v) is 3.70. The molecule has 0 radical (unpaired) electrons. The van der Waals surface area contributed by atoms with Crippen LogP contribution in [0.1, 0.15) is 32.2 Å². The van der Waals surface area contributed by atoms with E-state index in [9.17, 15) is 4.79 Å². The van der Waals surface area contributed by atoms with Crippen LogP contribution in [0.5, 0.6) is 5.75 Å². The first-order valence-corrected chi connectivity index (χ1v) is 7.56. The zero-order valence-electron chi connectivity index (χ0n) is 13.8. The third kappa shape index (κ3) is 3.21. The lowest BCUT2D eigenvalue weighted by Crippen LogP contribution is -2.26. The highest BCUT2D eigenvalue weighted by atomic mass is 17.2. The Labute approximate surface area is 135 Å². The van der Waals surface area contributed by atoms with Crippen LogP contribution in [-0.4, -0.2) is 37.5 Å². The van der Waals surface area contributed by atoms with Crippen molar-refractivity contribution in [3.05, 3.63) is 30.0 Å². The summed E-state index contributed by atoms with van der Waals surface area (Å²) in [6.07, 6.45) is 1.39. The molecule has 1 aromatic carbocycles. The normalized spacial score (nSPS) is 18.0. The topological polar surface area (TPSA) is 58.9 Å². The fourth-order valence-corrected chi connectivity index (χ4v) is 2.64. The molecule has 1 atom stereocenters. The molecular weight excluding hydrogens is 297 g/mol. The lowest BCUT2D eigenvalue weighted by molar-refractivity contribution is -0.183. The van der Waals surface area contributed by atoms with Gasteiger partial charge in [0.15, 0.2) is 0 Å². The van der Waals surface area contributed by atoms with Crippen molar-refractivity contribution in [1.82, 2.24) is 4.57 Å². The van der Waals surface area contributed by atoms with Crippen LogP contribution in [0.25, 0.3) is 10.9 Å². The van der Waals surface area contributed by atoms with Crippen LogP contribution in [0.2, 0.25) is 0 Å². The fourth-order valence-electron chi connectivity index (χ4n) is 2.64. The molecule has 1 saturated heterocycles. The lowest BCUT2D eigenvalue weighted by Gasteiger charge is -2.19. The highest BCUT2D eigenvalue weighted by molar-refractivity contribution is 6.31. The van der Waals surface area contributed by atoms with Crippen molar-refractivity contribution in [2.45, 2.75) is 32.2 Å². The molecule has 1 aliphatic rings. The number of hydrogen-bond acceptors (Lipinski definition) is 5. The van der Waals surface area contributed by atoms with Gasteiger partial charge in [0.2, 0.25) is 0 Å². The minimum absolute atomic E-state index is 0.0922. The second-order valence-corrected chi connectivity index (χ2v) is 6.58. The molecule has 1 unspecified atom stereocenters. The predicted octanol–water partition coefficient (Wildman–Crippen LogP) is 2.79. The number of ether oxygens (including phenoxy) is 2. The first kappa shape index (κ1) is 15.9. The number of methoxy groups -OCH3 is 1. The number of nitrogens with zero attached hydrogens (tertiary/aromatic N) is 1. The molecule has 1 aliphatic heterocycles. The summed E-state index contributed by atoms with van der Waals surface area (Å²) in [6.45, 7) is 6.00. The first-order valence-electron chi connectivity index (χ1n) is 7.56. The summed E-state index contributed by atoms with van der Waals surface area (Å²) in [5, 5.41) is 0.968. The van der Waals surface area contributed by atoms with E-state index in [-0.39, 0.29) is 5.82 Å². The minimum Gasteiger partial charge on any atom is -0.497 e. The van der Waals surface area contributed by atoms with Gasteiger partial charge in [-0.25, -0.2) is 4.79 Å². The quantitative estimate of drug-likeness (QED) is 0.630. The molecule has 0 saturated carbocycles. The Morgan fingerprint density at radius 3 is 2.78 bits per heavy atom. The van der Waals surface area contributed by atoms with Crippen molar-refractivity contribution in [2.75, 3.05) is 13.7 Å². The van der Waals surface area contributed by atoms with E-state index in [1.54, 1.807) is 13.3 Å². The standard InChI is InChI=1S/C16H20BNO5/c1-16(2,3)22-15(19)18-8-12(13-9-21-23-17-13)11-6-5-10(20-4)7-14(11)18/h5-8,13,17H,9H2,1-4H3. The Hall–Kier alpha value is -1.99. The number of benzene rings is 1. The molecule has 0 amide bonds. The van der Waals surface area contributed by atoms with Gasteiger partial charge in [0.1, 0.15) is 11.4 Å². The van der Waals surface area contributed by atoms with Crippen LogP contribution in [0, 0.1) is 0 Å². The molecule has 0 spiro atoms. The van der Waals surface area contributed by atoms with Gasteiger partial charge in [0, 0.05) is 23.5 Å². The van der Waals surface area contributed by atoms with E-state index < -0.39 is 11.7 Å². The average molecular weight is 317 g/mol. The number of aromatic nitrogens is 1. The van der Waals surface area contributed by atoms with Gasteiger partial charge >= 0.3 is 13.6 Å². The van der Waals surface area contributed by atoms with Crippen LogP contribution in [0.4, 0.5) is 4.79 Å². The highest BCUT2D eigenvalue weighted by Gasteiger charge is 2.28. The predicted molar refractivity (Wildman–Crippen MR) is 87.0 cm³/mol. The lowest BCUT2D eigenvalue weighted by atomic mass is 9.76. The number of carbonyl (C=O) groups excluding carboxylic acids is 1. The van der Waals surface area contributed by atoms with Gasteiger partial charge in [-0.3, -0.25) is 9.45 Å². The summed E-state index contributed by atoms with van der Waals surface area (Å²) < 4.78 is 12.3. The van der Waals surface area contributed by atoms with E-state index in [1.807, 2.05) is 39.0 Å². The molecule has 1 fully saturated rings. The average Bonchev–Trinajstić information content (AvgIpc) is 3.11. The molecule has 3 rings (SSSR count). The maximum absolute atomic E-state index is 12.5. The van der Waals surface area contributed by atoms with E-state index in [0.29, 0.717) is 19.8 Å². The van der Waals surface area contributed by atoms with Gasteiger partial charge in [-0.05, 0) is 38.5 Å². The van der Waals surface area contributed by atoms with Crippen LogP contribution in [-0.2, 0) is 14.4 Å². The van der Waals surface area contributed by atoms with E-state index >= 15 is 0 Å². The second-order valence-electron chi connectivity index (χ2n) is 6.58. The molecule has 1 aromatic heterocycles. The maximum Gasteiger partial charge on any atom is 0.419 e. The van der Waals surface area contributed by atoms with Crippen molar-refractivity contribution in [2.24, 2.45) is 0 Å². The summed E-state index contributed by atoms with van der Waals surface area (Å²) in [5.74, 6) is 0.778. The second kappa shape index (κ2) is 5.90. The van der Waals surface area contributed by atoms with Gasteiger partial charge < -0.3 is 14.3 Å². The van der Waals surface area contributed by atoms with Gasteiger partial charge in [-0.15, -0.1) is 0 Å². The monoisotopic (exact) mass is 317 g/mol. The highest BCUT2D eigenvalue weighted by Crippen LogP contribution is 2.32. The van der Waals surface area contributed by atoms with Gasteiger partial charge in [0.05, 0.1) is 19.2 Å². The van der Waals surface area contributed by atoms with Gasteiger partial charge in [0.25, 0.3) is 0 Å². The Bertz CT molecular complexity index is 728. The van der Waals surface area contributed by atoms with Crippen molar-refractivity contribution < 1.29 is 24.0 Å². The van der Waals surface area contributed by atoms with Crippen molar-refractivity contribution in [3.63, 3.8) is 0 Å². The molecule has 122 valence electrons. The summed E-state index contributed by atoms with van der Waals surface area (Å²) in [6, 6.07) is 5.66. The summed E-state index contributed by atoms with van der Waals surface area (Å²) in [4.78, 5) is 22.6. The molecule has 0 bridgehead atoms. The zero-order valence-corrected chi connectivity index (χ0v) is 13.8. The van der Waals surface area contributed by atoms with Crippen molar-refractivity contribution >= 4 is 24.5 Å². The van der Waals surface area contributed by atoms with Crippen molar-refractivity contribution in [3.8, 4) is 5.75 Å². The maximum atomic E-state index is 12.5. The van der Waals surface area contributed by atoms with Gasteiger partial charge in [-0.1, -0.05) is 0 Å². The largest absolute Gasteiger partial charge is 0.497 e. The molecular formula is C16H20BNO5. The number of carbonyl (C=O) groups is 1. The van der Waals surface area contributed by atoms with E-state index in [0.717, 1.165) is 16.5 Å². The Balaban J connectivity index is 2.09. The third-order valence-electron chi connectivity index (χ3n) is 3.70. The van der Waals surface area contributed by atoms with Crippen LogP contribution >= 0.6 is 0 Å². The van der Waals surface area contributed by atoms with Crippen LogP contribution in [0.3, 0.4) is 0 Å². The summed E-state index contributed by atoms with van der Waals surface area (Å²) in [7, 11) is 2.07. The molecule has 6 nitrogen and oxygen atoms in total. The Morgan fingerprint density at radius 1 is 1.39 bits per heavy atom. The molecule has 23 heavy (non-hydrogen) atoms. The van der Waals surface area contributed by atoms with Crippen molar-refractivity contribution in [1.29, 1.82) is 0 Å².